The minimum atomic E-state index is 0.552. The molecule has 0 amide bonds. The summed E-state index contributed by atoms with van der Waals surface area (Å²) in [5.41, 5.74) is 7.67. The van der Waals surface area contributed by atoms with E-state index in [1.807, 2.05) is 0 Å². The molecular formula is C10H18N4. The van der Waals surface area contributed by atoms with Gasteiger partial charge in [0.15, 0.2) is 0 Å². The average molecular weight is 194 g/mol. The van der Waals surface area contributed by atoms with Crippen molar-refractivity contribution in [1.29, 1.82) is 0 Å². The number of nitrogens with one attached hydrogen (secondary N) is 1. The zero-order chi connectivity index (χ0) is 9.80. The van der Waals surface area contributed by atoms with Crippen molar-refractivity contribution in [3.63, 3.8) is 0 Å². The fraction of sp³-hybridized carbons (Fsp3) is 0.700. The molecule has 0 aromatic carbocycles. The van der Waals surface area contributed by atoms with Gasteiger partial charge in [0.05, 0.1) is 5.69 Å². The maximum Gasteiger partial charge on any atom is 0.0638 e. The van der Waals surface area contributed by atoms with Crippen molar-refractivity contribution < 1.29 is 0 Å². The second-order valence-corrected chi connectivity index (χ2v) is 3.89. The number of aromatic amines is 1. The highest BCUT2D eigenvalue weighted by Crippen LogP contribution is 2.08. The number of rotatable bonds is 4. The van der Waals surface area contributed by atoms with Gasteiger partial charge in [0.1, 0.15) is 0 Å². The zero-order valence-corrected chi connectivity index (χ0v) is 8.50. The van der Waals surface area contributed by atoms with E-state index in [1.54, 1.807) is 0 Å². The molecule has 0 spiro atoms. The Morgan fingerprint density at radius 1 is 1.43 bits per heavy atom. The van der Waals surface area contributed by atoms with Crippen LogP contribution in [0, 0.1) is 0 Å². The molecule has 78 valence electrons. The molecule has 14 heavy (non-hydrogen) atoms. The van der Waals surface area contributed by atoms with Gasteiger partial charge in [-0.15, -0.1) is 0 Å². The predicted molar refractivity (Wildman–Crippen MR) is 55.9 cm³/mol. The lowest BCUT2D eigenvalue weighted by Crippen LogP contribution is -2.22. The van der Waals surface area contributed by atoms with Gasteiger partial charge in [-0.1, -0.05) is 0 Å². The molecular weight excluding hydrogens is 176 g/mol. The number of hydrogen-bond donors (Lipinski definition) is 2. The van der Waals surface area contributed by atoms with Crippen molar-refractivity contribution in [2.45, 2.75) is 25.8 Å². The van der Waals surface area contributed by atoms with Gasteiger partial charge in [0.25, 0.3) is 0 Å². The van der Waals surface area contributed by atoms with Crippen LogP contribution in [-0.2, 0) is 13.0 Å². The van der Waals surface area contributed by atoms with Crippen LogP contribution in [0.2, 0.25) is 0 Å². The summed E-state index contributed by atoms with van der Waals surface area (Å²) in [7, 11) is 0. The molecule has 0 bridgehead atoms. The lowest BCUT2D eigenvalue weighted by atomic mass is 10.2. The minimum absolute atomic E-state index is 0.552. The molecule has 0 saturated carbocycles. The molecule has 1 saturated heterocycles. The maximum atomic E-state index is 5.50. The van der Waals surface area contributed by atoms with Crippen LogP contribution in [-0.4, -0.2) is 34.7 Å². The Bertz CT molecular complexity index is 275. The fourth-order valence-electron chi connectivity index (χ4n) is 1.92. The molecule has 0 unspecified atom stereocenters. The largest absolute Gasteiger partial charge is 0.325 e. The maximum absolute atomic E-state index is 5.50. The lowest BCUT2D eigenvalue weighted by Gasteiger charge is -2.12. The van der Waals surface area contributed by atoms with Crippen molar-refractivity contribution in [1.82, 2.24) is 15.1 Å². The molecule has 0 aliphatic carbocycles. The number of nitrogens with zero attached hydrogens (tertiary/aromatic N) is 2. The Morgan fingerprint density at radius 2 is 2.21 bits per heavy atom. The highest BCUT2D eigenvalue weighted by molar-refractivity contribution is 5.08. The Hall–Kier alpha value is -0.870. The molecule has 1 fully saturated rings. The SMILES string of the molecule is NCc1cc(CCN2CCCC2)n[nH]1. The summed E-state index contributed by atoms with van der Waals surface area (Å²) in [6, 6.07) is 2.07. The lowest BCUT2D eigenvalue weighted by molar-refractivity contribution is 0.342. The number of aromatic nitrogens is 2. The highest BCUT2D eigenvalue weighted by atomic mass is 15.2. The molecule has 2 rings (SSSR count). The minimum Gasteiger partial charge on any atom is -0.325 e. The Morgan fingerprint density at radius 3 is 2.86 bits per heavy atom. The van der Waals surface area contributed by atoms with E-state index in [1.165, 1.54) is 25.9 Å². The van der Waals surface area contributed by atoms with E-state index in [2.05, 4.69) is 21.2 Å². The zero-order valence-electron chi connectivity index (χ0n) is 8.50. The normalized spacial score (nSPS) is 17.8. The number of hydrogen-bond acceptors (Lipinski definition) is 3. The van der Waals surface area contributed by atoms with E-state index in [4.69, 9.17) is 5.73 Å². The number of likely N-dealkylation sites (tertiary alicyclic amines) is 1. The average Bonchev–Trinajstić information content (AvgIpc) is 2.86. The van der Waals surface area contributed by atoms with Gasteiger partial charge in [-0.3, -0.25) is 5.10 Å². The Labute approximate surface area is 84.5 Å². The van der Waals surface area contributed by atoms with E-state index in [0.717, 1.165) is 24.4 Å². The first-order chi connectivity index (χ1) is 6.88. The Balaban J connectivity index is 1.79. The van der Waals surface area contributed by atoms with Crippen LogP contribution in [0.25, 0.3) is 0 Å². The predicted octanol–water partition coefficient (Wildman–Crippen LogP) is 0.507. The molecule has 1 aliphatic rings. The van der Waals surface area contributed by atoms with Crippen molar-refractivity contribution in [2.24, 2.45) is 5.73 Å². The Kier molecular flexibility index (Phi) is 3.16. The summed E-state index contributed by atoms with van der Waals surface area (Å²) in [4.78, 5) is 2.50. The van der Waals surface area contributed by atoms with Crippen molar-refractivity contribution in [3.05, 3.63) is 17.5 Å². The molecule has 1 aromatic heterocycles. The second-order valence-electron chi connectivity index (χ2n) is 3.89. The highest BCUT2D eigenvalue weighted by Gasteiger charge is 2.11. The molecule has 1 aliphatic heterocycles. The van der Waals surface area contributed by atoms with Gasteiger partial charge in [0, 0.05) is 25.2 Å². The van der Waals surface area contributed by atoms with E-state index in [9.17, 15) is 0 Å². The molecule has 2 heterocycles. The van der Waals surface area contributed by atoms with Gasteiger partial charge >= 0.3 is 0 Å². The summed E-state index contributed by atoms with van der Waals surface area (Å²) in [5, 5.41) is 7.15. The second kappa shape index (κ2) is 4.57. The van der Waals surface area contributed by atoms with Gasteiger partial charge in [-0.2, -0.15) is 5.10 Å². The molecule has 0 radical (unpaired) electrons. The van der Waals surface area contributed by atoms with Crippen molar-refractivity contribution in [3.8, 4) is 0 Å². The third-order valence-electron chi connectivity index (χ3n) is 2.79. The van der Waals surface area contributed by atoms with Crippen LogP contribution in [0.1, 0.15) is 24.2 Å². The van der Waals surface area contributed by atoms with Gasteiger partial charge in [0.2, 0.25) is 0 Å². The van der Waals surface area contributed by atoms with Crippen LogP contribution in [0.3, 0.4) is 0 Å². The van der Waals surface area contributed by atoms with Gasteiger partial charge < -0.3 is 10.6 Å². The monoisotopic (exact) mass is 194 g/mol. The molecule has 1 aromatic rings. The quantitative estimate of drug-likeness (QED) is 0.734. The van der Waals surface area contributed by atoms with E-state index >= 15 is 0 Å². The summed E-state index contributed by atoms with van der Waals surface area (Å²) in [5.74, 6) is 0. The third kappa shape index (κ3) is 2.33. The first-order valence-corrected chi connectivity index (χ1v) is 5.34. The summed E-state index contributed by atoms with van der Waals surface area (Å²) >= 11 is 0. The van der Waals surface area contributed by atoms with Gasteiger partial charge in [-0.25, -0.2) is 0 Å². The standard InChI is InChI=1S/C10H18N4/c11-8-10-7-9(12-13-10)3-6-14-4-1-2-5-14/h7H,1-6,8,11H2,(H,12,13). The van der Waals surface area contributed by atoms with E-state index in [-0.39, 0.29) is 0 Å². The first kappa shape index (κ1) is 9.68. The molecule has 3 N–H and O–H groups in total. The van der Waals surface area contributed by atoms with Crippen LogP contribution < -0.4 is 5.73 Å². The van der Waals surface area contributed by atoms with E-state index < -0.39 is 0 Å². The molecule has 4 nitrogen and oxygen atoms in total. The van der Waals surface area contributed by atoms with Crippen LogP contribution >= 0.6 is 0 Å². The molecule has 0 atom stereocenters. The summed E-state index contributed by atoms with van der Waals surface area (Å²) in [6.07, 6.45) is 3.75. The van der Waals surface area contributed by atoms with E-state index in [0.29, 0.717) is 6.54 Å². The van der Waals surface area contributed by atoms with Gasteiger partial charge in [-0.05, 0) is 32.0 Å². The number of H-pyrrole nitrogens is 1. The third-order valence-corrected chi connectivity index (χ3v) is 2.79. The van der Waals surface area contributed by atoms with Crippen LogP contribution in [0.15, 0.2) is 6.07 Å². The topological polar surface area (TPSA) is 57.9 Å². The molecule has 4 heteroatoms. The summed E-state index contributed by atoms with van der Waals surface area (Å²) < 4.78 is 0. The fourth-order valence-corrected chi connectivity index (χ4v) is 1.92. The van der Waals surface area contributed by atoms with Crippen LogP contribution in [0.5, 0.6) is 0 Å². The smallest absolute Gasteiger partial charge is 0.0638 e. The van der Waals surface area contributed by atoms with Crippen molar-refractivity contribution in [2.75, 3.05) is 19.6 Å². The van der Waals surface area contributed by atoms with Crippen molar-refractivity contribution >= 4 is 0 Å². The summed E-state index contributed by atoms with van der Waals surface area (Å²) in [6.45, 7) is 4.20. The van der Waals surface area contributed by atoms with Crippen LogP contribution in [0.4, 0.5) is 0 Å². The first-order valence-electron chi connectivity index (χ1n) is 5.34. The number of nitrogens with two attached hydrogens (primary N) is 1.